The molecule has 0 amide bonds. The van der Waals surface area contributed by atoms with Gasteiger partial charge in [0.05, 0.1) is 11.3 Å². The summed E-state index contributed by atoms with van der Waals surface area (Å²) in [5.41, 5.74) is 0.483. The summed E-state index contributed by atoms with van der Waals surface area (Å²) < 4.78 is 0.489. The molecule has 18 heavy (non-hydrogen) atoms. The number of carbonyl (C=O) groups is 2. The van der Waals surface area contributed by atoms with E-state index in [1.165, 1.54) is 6.07 Å². The van der Waals surface area contributed by atoms with Crippen molar-refractivity contribution in [1.29, 1.82) is 5.26 Å². The second kappa shape index (κ2) is 6.02. The van der Waals surface area contributed by atoms with Gasteiger partial charge < -0.3 is 15.1 Å². The summed E-state index contributed by atoms with van der Waals surface area (Å²) in [6.07, 6.45) is 0. The van der Waals surface area contributed by atoms with Gasteiger partial charge in [-0.05, 0) is 28.1 Å². The number of aliphatic carboxylic acids is 2. The van der Waals surface area contributed by atoms with E-state index in [1.54, 1.807) is 12.1 Å². The third kappa shape index (κ3) is 3.46. The lowest BCUT2D eigenvalue weighted by Gasteiger charge is -2.22. The van der Waals surface area contributed by atoms with Gasteiger partial charge >= 0.3 is 11.9 Å². The Hall–Kier alpha value is -2.07. The molecule has 0 heterocycles. The summed E-state index contributed by atoms with van der Waals surface area (Å²) in [6.45, 7) is -0.977. The van der Waals surface area contributed by atoms with E-state index in [4.69, 9.17) is 15.5 Å². The lowest BCUT2D eigenvalue weighted by Crippen LogP contribution is -2.35. The first-order valence-corrected chi connectivity index (χ1v) is 5.62. The molecular formula is C11H9BrN2O4. The van der Waals surface area contributed by atoms with Crippen molar-refractivity contribution in [1.82, 2.24) is 0 Å². The fourth-order valence-corrected chi connectivity index (χ4v) is 1.88. The number of nitrogens with zero attached hydrogens (tertiary/aromatic N) is 2. The van der Waals surface area contributed by atoms with Crippen molar-refractivity contribution in [3.05, 3.63) is 28.2 Å². The average Bonchev–Trinajstić information content (AvgIpc) is 2.26. The number of nitriles is 1. The molecule has 0 saturated heterocycles. The Balaban J connectivity index is 3.20. The van der Waals surface area contributed by atoms with Crippen LogP contribution < -0.4 is 4.90 Å². The molecule has 0 saturated carbocycles. The number of rotatable bonds is 5. The first kappa shape index (κ1) is 14.0. The first-order valence-electron chi connectivity index (χ1n) is 4.83. The molecule has 1 aromatic carbocycles. The summed E-state index contributed by atoms with van der Waals surface area (Å²) in [7, 11) is 0. The number of halogens is 1. The van der Waals surface area contributed by atoms with Crippen LogP contribution in [0.3, 0.4) is 0 Å². The normalized spacial score (nSPS) is 9.56. The number of benzene rings is 1. The van der Waals surface area contributed by atoms with E-state index in [0.29, 0.717) is 4.47 Å². The lowest BCUT2D eigenvalue weighted by atomic mass is 10.1. The Morgan fingerprint density at radius 1 is 1.28 bits per heavy atom. The number of anilines is 1. The summed E-state index contributed by atoms with van der Waals surface area (Å²) in [6, 6.07) is 6.66. The van der Waals surface area contributed by atoms with Crippen LogP contribution in [0.2, 0.25) is 0 Å². The molecular weight excluding hydrogens is 304 g/mol. The summed E-state index contributed by atoms with van der Waals surface area (Å²) in [4.78, 5) is 22.6. The monoisotopic (exact) mass is 312 g/mol. The van der Waals surface area contributed by atoms with Crippen molar-refractivity contribution >= 4 is 33.6 Å². The highest BCUT2D eigenvalue weighted by Gasteiger charge is 2.18. The largest absolute Gasteiger partial charge is 0.480 e. The van der Waals surface area contributed by atoms with Crippen molar-refractivity contribution in [2.45, 2.75) is 0 Å². The first-order chi connectivity index (χ1) is 8.45. The third-order valence-corrected chi connectivity index (χ3v) is 2.76. The Labute approximate surface area is 111 Å². The maximum Gasteiger partial charge on any atom is 0.323 e. The number of hydrogen-bond donors (Lipinski definition) is 2. The Morgan fingerprint density at radius 2 is 1.83 bits per heavy atom. The molecule has 0 spiro atoms. The van der Waals surface area contributed by atoms with Crippen molar-refractivity contribution in [3.63, 3.8) is 0 Å². The summed E-state index contributed by atoms with van der Waals surface area (Å²) >= 11 is 3.16. The van der Waals surface area contributed by atoms with Gasteiger partial charge in [0.25, 0.3) is 0 Å². The number of carboxylic acid groups (broad SMARTS) is 2. The van der Waals surface area contributed by atoms with Gasteiger partial charge in [-0.1, -0.05) is 6.07 Å². The smallest absolute Gasteiger partial charge is 0.323 e. The molecule has 0 bridgehead atoms. The van der Waals surface area contributed by atoms with E-state index in [0.717, 1.165) is 4.90 Å². The molecule has 7 heteroatoms. The zero-order chi connectivity index (χ0) is 13.7. The molecule has 0 aliphatic heterocycles. The molecule has 94 valence electrons. The van der Waals surface area contributed by atoms with E-state index in [9.17, 15) is 9.59 Å². The van der Waals surface area contributed by atoms with Gasteiger partial charge in [-0.2, -0.15) is 5.26 Å². The highest BCUT2D eigenvalue weighted by atomic mass is 79.9. The van der Waals surface area contributed by atoms with Crippen LogP contribution in [0.15, 0.2) is 22.7 Å². The van der Waals surface area contributed by atoms with Gasteiger partial charge in [0.1, 0.15) is 19.2 Å². The van der Waals surface area contributed by atoms with Gasteiger partial charge in [-0.3, -0.25) is 9.59 Å². The van der Waals surface area contributed by atoms with Crippen molar-refractivity contribution in [2.24, 2.45) is 0 Å². The predicted octanol–water partition coefficient (Wildman–Crippen LogP) is 1.30. The van der Waals surface area contributed by atoms with E-state index in [-0.39, 0.29) is 11.3 Å². The molecule has 0 aromatic heterocycles. The Bertz CT molecular complexity index is 508. The number of hydrogen-bond acceptors (Lipinski definition) is 4. The van der Waals surface area contributed by atoms with Crippen molar-refractivity contribution < 1.29 is 19.8 Å². The fraction of sp³-hybridized carbons (Fsp3) is 0.182. The highest BCUT2D eigenvalue weighted by Crippen LogP contribution is 2.26. The molecule has 0 radical (unpaired) electrons. The van der Waals surface area contributed by atoms with Crippen LogP contribution in [-0.2, 0) is 9.59 Å². The molecule has 0 fully saturated rings. The van der Waals surface area contributed by atoms with Gasteiger partial charge in [-0.25, -0.2) is 0 Å². The molecule has 1 aromatic rings. The van der Waals surface area contributed by atoms with E-state index in [2.05, 4.69) is 15.9 Å². The average molecular weight is 313 g/mol. The van der Waals surface area contributed by atoms with Gasteiger partial charge in [0.2, 0.25) is 0 Å². The predicted molar refractivity (Wildman–Crippen MR) is 66.3 cm³/mol. The minimum atomic E-state index is -1.17. The number of carboxylic acids is 2. The van der Waals surface area contributed by atoms with Crippen LogP contribution in [0.25, 0.3) is 0 Å². The fourth-order valence-electron chi connectivity index (χ4n) is 1.44. The van der Waals surface area contributed by atoms with Crippen LogP contribution in [0.5, 0.6) is 0 Å². The van der Waals surface area contributed by atoms with Crippen LogP contribution >= 0.6 is 15.9 Å². The Morgan fingerprint density at radius 3 is 2.28 bits per heavy atom. The maximum absolute atomic E-state index is 10.7. The minimum absolute atomic E-state index is 0.208. The standard InChI is InChI=1S/C11H9BrN2O4/c12-8-2-1-3-9(7(8)4-13)14(5-10(15)16)6-11(17)18/h1-3H,5-6H2,(H,15,16)(H,17,18). The SMILES string of the molecule is N#Cc1c(Br)cccc1N(CC(=O)O)CC(=O)O. The Kier molecular flexibility index (Phi) is 4.68. The van der Waals surface area contributed by atoms with Gasteiger partial charge in [0, 0.05) is 4.47 Å². The van der Waals surface area contributed by atoms with Crippen LogP contribution in [0.4, 0.5) is 5.69 Å². The van der Waals surface area contributed by atoms with Gasteiger partial charge in [0.15, 0.2) is 0 Å². The quantitative estimate of drug-likeness (QED) is 0.849. The molecule has 6 nitrogen and oxygen atoms in total. The topological polar surface area (TPSA) is 102 Å². The van der Waals surface area contributed by atoms with E-state index >= 15 is 0 Å². The summed E-state index contributed by atoms with van der Waals surface area (Å²) in [5.74, 6) is -2.33. The van der Waals surface area contributed by atoms with Crippen molar-refractivity contribution in [2.75, 3.05) is 18.0 Å². The zero-order valence-electron chi connectivity index (χ0n) is 9.13. The maximum atomic E-state index is 10.7. The second-order valence-electron chi connectivity index (χ2n) is 3.39. The zero-order valence-corrected chi connectivity index (χ0v) is 10.7. The van der Waals surface area contributed by atoms with Gasteiger partial charge in [-0.15, -0.1) is 0 Å². The minimum Gasteiger partial charge on any atom is -0.480 e. The second-order valence-corrected chi connectivity index (χ2v) is 4.24. The molecule has 0 atom stereocenters. The van der Waals surface area contributed by atoms with Crippen LogP contribution in [0, 0.1) is 11.3 Å². The molecule has 1 rings (SSSR count). The molecule has 0 aliphatic rings. The highest BCUT2D eigenvalue weighted by molar-refractivity contribution is 9.10. The van der Waals surface area contributed by atoms with E-state index in [1.807, 2.05) is 6.07 Å². The van der Waals surface area contributed by atoms with Crippen LogP contribution in [0.1, 0.15) is 5.56 Å². The van der Waals surface area contributed by atoms with Crippen LogP contribution in [-0.4, -0.2) is 35.2 Å². The lowest BCUT2D eigenvalue weighted by molar-refractivity contribution is -0.136. The third-order valence-electron chi connectivity index (χ3n) is 2.10. The van der Waals surface area contributed by atoms with E-state index < -0.39 is 25.0 Å². The molecule has 0 unspecified atom stereocenters. The summed E-state index contributed by atoms with van der Waals surface area (Å²) in [5, 5.41) is 26.5. The van der Waals surface area contributed by atoms with Crippen molar-refractivity contribution in [3.8, 4) is 6.07 Å². The molecule has 2 N–H and O–H groups in total. The molecule has 0 aliphatic carbocycles.